The highest BCUT2D eigenvalue weighted by atomic mass is 14.3. The van der Waals surface area contributed by atoms with Gasteiger partial charge in [-0.05, 0) is 114 Å². The van der Waals surface area contributed by atoms with Gasteiger partial charge in [0.25, 0.3) is 0 Å². The monoisotopic (exact) mass is 404 g/mol. The van der Waals surface area contributed by atoms with E-state index in [1.807, 2.05) is 0 Å². The first-order valence-electron chi connectivity index (χ1n) is 11.4. The van der Waals surface area contributed by atoms with Crippen LogP contribution >= 0.6 is 0 Å². The van der Waals surface area contributed by atoms with Gasteiger partial charge in [0, 0.05) is 0 Å². The zero-order chi connectivity index (χ0) is 20.8. The molecule has 8 rings (SSSR count). The maximum Gasteiger partial charge on any atom is -0.000706 e. The third-order valence-corrected chi connectivity index (χ3v) is 7.65. The molecule has 0 saturated carbocycles. The van der Waals surface area contributed by atoms with Gasteiger partial charge in [0.1, 0.15) is 0 Å². The second-order valence-electron chi connectivity index (χ2n) is 9.35. The molecule has 0 aromatic heterocycles. The fourth-order valence-corrected chi connectivity index (χ4v) is 6.16. The van der Waals surface area contributed by atoms with Crippen LogP contribution in [0.3, 0.4) is 0 Å². The summed E-state index contributed by atoms with van der Waals surface area (Å²) in [7, 11) is 0. The summed E-state index contributed by atoms with van der Waals surface area (Å²) in [6.07, 6.45) is 2.06. The summed E-state index contributed by atoms with van der Waals surface area (Å²) in [5.74, 6) is 0. The molecule has 0 heterocycles. The van der Waals surface area contributed by atoms with E-state index in [0.717, 1.165) is 12.8 Å². The largest absolute Gasteiger partial charge is 0.0616 e. The van der Waals surface area contributed by atoms with E-state index < -0.39 is 0 Å². The standard InChI is InChI=1S/C32H20/c1-2-7-21-15-28-22(13-20(21)6-1)11-12-27-29-16-24-14-23-10-9-19-5-3-4-8-26(19)32(23)30(24)17-25(29)18-31(27)28/h1-13,15-17H,14,18H2. The van der Waals surface area contributed by atoms with Gasteiger partial charge in [0.2, 0.25) is 0 Å². The quantitative estimate of drug-likeness (QED) is 0.223. The molecule has 0 fully saturated rings. The topological polar surface area (TPSA) is 0 Å². The van der Waals surface area contributed by atoms with Gasteiger partial charge < -0.3 is 0 Å². The van der Waals surface area contributed by atoms with Crippen LogP contribution in [-0.4, -0.2) is 0 Å². The Kier molecular flexibility index (Phi) is 3.07. The predicted molar refractivity (Wildman–Crippen MR) is 135 cm³/mol. The summed E-state index contributed by atoms with van der Waals surface area (Å²) >= 11 is 0. The molecule has 0 N–H and O–H groups in total. The first-order valence-corrected chi connectivity index (χ1v) is 11.4. The maximum atomic E-state index is 2.50. The van der Waals surface area contributed by atoms with Crippen LogP contribution < -0.4 is 0 Å². The molecule has 2 aliphatic rings. The van der Waals surface area contributed by atoms with Crippen molar-refractivity contribution in [1.82, 2.24) is 0 Å². The molecule has 32 heavy (non-hydrogen) atoms. The van der Waals surface area contributed by atoms with Gasteiger partial charge in [-0.15, -0.1) is 0 Å². The summed E-state index contributed by atoms with van der Waals surface area (Å²) in [4.78, 5) is 0. The Labute approximate surface area is 186 Å². The van der Waals surface area contributed by atoms with Crippen molar-refractivity contribution < 1.29 is 0 Å². The van der Waals surface area contributed by atoms with E-state index in [1.165, 1.54) is 76.8 Å². The second kappa shape index (κ2) is 5.87. The highest BCUT2D eigenvalue weighted by Crippen LogP contribution is 2.48. The van der Waals surface area contributed by atoms with Gasteiger partial charge in [0.05, 0.1) is 0 Å². The highest BCUT2D eigenvalue weighted by Gasteiger charge is 2.27. The third-order valence-electron chi connectivity index (χ3n) is 7.65. The number of fused-ring (bicyclic) bond motifs is 11. The Morgan fingerprint density at radius 1 is 0.406 bits per heavy atom. The summed E-state index contributed by atoms with van der Waals surface area (Å²) in [5, 5.41) is 8.12. The van der Waals surface area contributed by atoms with Gasteiger partial charge in [-0.25, -0.2) is 0 Å². The molecule has 0 spiro atoms. The molecule has 0 radical (unpaired) electrons. The van der Waals surface area contributed by atoms with Crippen LogP contribution in [0.1, 0.15) is 22.3 Å². The normalized spacial score (nSPS) is 13.4. The Balaban J connectivity index is 1.36. The number of hydrogen-bond donors (Lipinski definition) is 0. The number of hydrogen-bond acceptors (Lipinski definition) is 0. The van der Waals surface area contributed by atoms with Crippen molar-refractivity contribution in [2.45, 2.75) is 12.8 Å². The molecule has 0 bridgehead atoms. The lowest BCUT2D eigenvalue weighted by atomic mass is 9.95. The van der Waals surface area contributed by atoms with Crippen LogP contribution in [0.2, 0.25) is 0 Å². The van der Waals surface area contributed by atoms with Crippen LogP contribution in [0.25, 0.3) is 54.6 Å². The van der Waals surface area contributed by atoms with E-state index in [2.05, 4.69) is 97.1 Å². The van der Waals surface area contributed by atoms with Crippen molar-refractivity contribution in [3.05, 3.63) is 119 Å². The minimum atomic E-state index is 1.02. The van der Waals surface area contributed by atoms with Gasteiger partial charge in [-0.2, -0.15) is 0 Å². The smallest absolute Gasteiger partial charge is 0.000706 e. The van der Waals surface area contributed by atoms with Gasteiger partial charge in [-0.3, -0.25) is 0 Å². The predicted octanol–water partition coefficient (Wildman–Crippen LogP) is 8.29. The van der Waals surface area contributed by atoms with E-state index in [1.54, 1.807) is 0 Å². The van der Waals surface area contributed by atoms with Crippen molar-refractivity contribution in [1.29, 1.82) is 0 Å². The second-order valence-corrected chi connectivity index (χ2v) is 9.35. The molecule has 0 amide bonds. The van der Waals surface area contributed by atoms with Gasteiger partial charge in [-0.1, -0.05) is 72.8 Å². The average molecular weight is 405 g/mol. The first-order chi connectivity index (χ1) is 15.8. The molecule has 148 valence electrons. The van der Waals surface area contributed by atoms with Crippen LogP contribution in [0.15, 0.2) is 97.1 Å². The third kappa shape index (κ3) is 2.12. The van der Waals surface area contributed by atoms with Crippen molar-refractivity contribution in [2.24, 2.45) is 0 Å². The molecule has 0 heteroatoms. The van der Waals surface area contributed by atoms with Crippen LogP contribution in [0, 0.1) is 0 Å². The average Bonchev–Trinajstić information content (AvgIpc) is 3.39. The van der Waals surface area contributed by atoms with Crippen LogP contribution in [0.4, 0.5) is 0 Å². The summed E-state index contributed by atoms with van der Waals surface area (Å²) in [6.45, 7) is 0. The number of benzene rings is 6. The Morgan fingerprint density at radius 2 is 1.12 bits per heavy atom. The van der Waals surface area contributed by atoms with E-state index in [0.29, 0.717) is 0 Å². The highest BCUT2D eigenvalue weighted by molar-refractivity contribution is 6.05. The minimum Gasteiger partial charge on any atom is -0.0616 e. The van der Waals surface area contributed by atoms with Crippen molar-refractivity contribution in [3.8, 4) is 22.3 Å². The molecule has 6 aromatic carbocycles. The molecule has 0 nitrogen and oxygen atoms in total. The summed E-state index contributed by atoms with van der Waals surface area (Å²) in [5.41, 5.74) is 11.7. The zero-order valence-corrected chi connectivity index (χ0v) is 17.7. The maximum absolute atomic E-state index is 2.50. The van der Waals surface area contributed by atoms with Crippen molar-refractivity contribution in [2.75, 3.05) is 0 Å². The van der Waals surface area contributed by atoms with E-state index in [-0.39, 0.29) is 0 Å². The van der Waals surface area contributed by atoms with E-state index in [4.69, 9.17) is 0 Å². The lowest BCUT2D eigenvalue weighted by Gasteiger charge is -2.09. The van der Waals surface area contributed by atoms with E-state index in [9.17, 15) is 0 Å². The molecule has 0 saturated heterocycles. The lowest BCUT2D eigenvalue weighted by molar-refractivity contribution is 1.25. The van der Waals surface area contributed by atoms with Crippen LogP contribution in [0.5, 0.6) is 0 Å². The fourth-order valence-electron chi connectivity index (χ4n) is 6.16. The molecule has 0 unspecified atom stereocenters. The van der Waals surface area contributed by atoms with Gasteiger partial charge >= 0.3 is 0 Å². The number of rotatable bonds is 0. The minimum absolute atomic E-state index is 1.02. The lowest BCUT2D eigenvalue weighted by Crippen LogP contribution is -1.86. The Bertz CT molecular complexity index is 1770. The SMILES string of the molecule is c1ccc2cc3c4c(ccc3cc2c1)-c1cc2c(cc1C4)-c1c(ccc3ccccc13)C2. The molecule has 2 aliphatic carbocycles. The molecular weight excluding hydrogens is 384 g/mol. The summed E-state index contributed by atoms with van der Waals surface area (Å²) < 4.78 is 0. The molecule has 0 aliphatic heterocycles. The Morgan fingerprint density at radius 3 is 2.03 bits per heavy atom. The first kappa shape index (κ1) is 16.8. The summed E-state index contributed by atoms with van der Waals surface area (Å²) in [6, 6.07) is 36.5. The van der Waals surface area contributed by atoms with Crippen LogP contribution in [-0.2, 0) is 12.8 Å². The fraction of sp³-hybridized carbons (Fsp3) is 0.0625. The van der Waals surface area contributed by atoms with Crippen molar-refractivity contribution in [3.63, 3.8) is 0 Å². The van der Waals surface area contributed by atoms with Crippen molar-refractivity contribution >= 4 is 32.3 Å². The molecule has 6 aromatic rings. The van der Waals surface area contributed by atoms with Gasteiger partial charge in [0.15, 0.2) is 0 Å². The van der Waals surface area contributed by atoms with E-state index >= 15 is 0 Å². The molecular formula is C32H20. The molecule has 0 atom stereocenters. The zero-order valence-electron chi connectivity index (χ0n) is 17.7. The Hall–Kier alpha value is -3.90.